The Morgan fingerprint density at radius 2 is 1.54 bits per heavy atom. The Kier molecular flexibility index (Phi) is 5.79. The molecule has 0 fully saturated rings. The van der Waals surface area contributed by atoms with Gasteiger partial charge in [-0.2, -0.15) is 5.10 Å². The number of nitrogens with one attached hydrogen (secondary N) is 1. The summed E-state index contributed by atoms with van der Waals surface area (Å²) in [6, 6.07) is 26.8. The molecule has 5 rings (SSSR count). The van der Waals surface area contributed by atoms with E-state index in [9.17, 15) is 9.59 Å². The Morgan fingerprint density at radius 3 is 2.23 bits per heavy atom. The SMILES string of the molecule is Cc1ccc(NC(=O)Cn2c(=O)cc(-c3ccccc3)c3c(C)nn(-c4ccccc4)c32)cc1C. The largest absolute Gasteiger partial charge is 0.325 e. The monoisotopic (exact) mass is 462 g/mol. The van der Waals surface area contributed by atoms with Gasteiger partial charge >= 0.3 is 0 Å². The van der Waals surface area contributed by atoms with Gasteiger partial charge in [-0.15, -0.1) is 0 Å². The fraction of sp³-hybridized carbons (Fsp3) is 0.138. The minimum atomic E-state index is -0.275. The summed E-state index contributed by atoms with van der Waals surface area (Å²) in [4.78, 5) is 26.5. The van der Waals surface area contributed by atoms with Gasteiger partial charge in [0.15, 0.2) is 0 Å². The lowest BCUT2D eigenvalue weighted by Crippen LogP contribution is -2.28. The number of para-hydroxylation sites is 1. The minimum Gasteiger partial charge on any atom is -0.325 e. The van der Waals surface area contributed by atoms with Gasteiger partial charge in [0.05, 0.1) is 11.4 Å². The van der Waals surface area contributed by atoms with Crippen LogP contribution < -0.4 is 10.9 Å². The average Bonchev–Trinajstić information content (AvgIpc) is 3.21. The maximum Gasteiger partial charge on any atom is 0.253 e. The van der Waals surface area contributed by atoms with Gasteiger partial charge in [0.2, 0.25) is 5.91 Å². The van der Waals surface area contributed by atoms with E-state index in [-0.39, 0.29) is 18.0 Å². The molecule has 6 nitrogen and oxygen atoms in total. The number of pyridine rings is 1. The number of nitrogens with zero attached hydrogens (tertiary/aromatic N) is 3. The van der Waals surface area contributed by atoms with Crippen molar-refractivity contribution in [2.75, 3.05) is 5.32 Å². The standard InChI is InChI=1S/C29H26N4O2/c1-19-14-15-23(16-20(19)2)30-26(34)18-32-27(35)17-25(22-10-6-4-7-11-22)28-21(3)31-33(29(28)32)24-12-8-5-9-13-24/h4-17H,18H2,1-3H3,(H,30,34). The number of hydrogen-bond donors (Lipinski definition) is 1. The van der Waals surface area contributed by atoms with Crippen LogP contribution in [-0.4, -0.2) is 20.3 Å². The molecule has 0 atom stereocenters. The van der Waals surface area contributed by atoms with E-state index in [0.29, 0.717) is 11.3 Å². The average molecular weight is 463 g/mol. The molecule has 0 aliphatic heterocycles. The number of aromatic nitrogens is 3. The number of aryl methyl sites for hydroxylation is 3. The number of benzene rings is 3. The van der Waals surface area contributed by atoms with Crippen molar-refractivity contribution in [2.24, 2.45) is 0 Å². The van der Waals surface area contributed by atoms with Gasteiger partial charge < -0.3 is 5.32 Å². The highest BCUT2D eigenvalue weighted by Gasteiger charge is 2.21. The van der Waals surface area contributed by atoms with Crippen molar-refractivity contribution in [3.05, 3.63) is 112 Å². The molecule has 3 aromatic carbocycles. The third-order valence-corrected chi connectivity index (χ3v) is 6.27. The molecule has 6 heteroatoms. The van der Waals surface area contributed by atoms with Crippen molar-refractivity contribution in [3.8, 4) is 16.8 Å². The molecule has 0 aliphatic rings. The lowest BCUT2D eigenvalue weighted by Gasteiger charge is -2.14. The number of rotatable bonds is 5. The first-order valence-corrected chi connectivity index (χ1v) is 11.5. The predicted octanol–water partition coefficient (Wildman–Crippen LogP) is 5.42. The molecule has 1 amide bonds. The van der Waals surface area contributed by atoms with Crippen molar-refractivity contribution in [1.29, 1.82) is 0 Å². The number of fused-ring (bicyclic) bond motifs is 1. The lowest BCUT2D eigenvalue weighted by molar-refractivity contribution is -0.116. The zero-order valence-electron chi connectivity index (χ0n) is 19.9. The van der Waals surface area contributed by atoms with Crippen LogP contribution in [0.4, 0.5) is 5.69 Å². The summed E-state index contributed by atoms with van der Waals surface area (Å²) in [5.74, 6) is -0.275. The van der Waals surface area contributed by atoms with E-state index < -0.39 is 0 Å². The lowest BCUT2D eigenvalue weighted by atomic mass is 10.0. The highest BCUT2D eigenvalue weighted by atomic mass is 16.2. The van der Waals surface area contributed by atoms with Gasteiger partial charge in [-0.25, -0.2) is 4.68 Å². The van der Waals surface area contributed by atoms with Crippen molar-refractivity contribution in [2.45, 2.75) is 27.3 Å². The first kappa shape index (κ1) is 22.3. The molecular weight excluding hydrogens is 436 g/mol. The molecule has 0 spiro atoms. The van der Waals surface area contributed by atoms with Crippen LogP contribution in [0.1, 0.15) is 16.8 Å². The highest BCUT2D eigenvalue weighted by molar-refractivity contribution is 5.97. The molecule has 2 heterocycles. The van der Waals surface area contributed by atoms with E-state index >= 15 is 0 Å². The second-order valence-electron chi connectivity index (χ2n) is 8.73. The fourth-order valence-corrected chi connectivity index (χ4v) is 4.37. The predicted molar refractivity (Wildman–Crippen MR) is 140 cm³/mol. The second-order valence-corrected chi connectivity index (χ2v) is 8.73. The zero-order valence-corrected chi connectivity index (χ0v) is 19.9. The third-order valence-electron chi connectivity index (χ3n) is 6.27. The summed E-state index contributed by atoms with van der Waals surface area (Å²) >= 11 is 0. The first-order chi connectivity index (χ1) is 16.9. The van der Waals surface area contributed by atoms with E-state index in [0.717, 1.165) is 39.0 Å². The van der Waals surface area contributed by atoms with Crippen LogP contribution in [0.3, 0.4) is 0 Å². The number of carbonyl (C=O) groups is 1. The molecule has 5 aromatic rings. The van der Waals surface area contributed by atoms with Crippen LogP contribution in [0, 0.1) is 20.8 Å². The van der Waals surface area contributed by atoms with Gasteiger partial charge in [-0.05, 0) is 67.3 Å². The van der Waals surface area contributed by atoms with Crippen LogP contribution in [0.25, 0.3) is 27.8 Å². The molecule has 174 valence electrons. The Hall–Kier alpha value is -4.45. The quantitative estimate of drug-likeness (QED) is 0.379. The summed E-state index contributed by atoms with van der Waals surface area (Å²) in [5, 5.41) is 8.57. The fourth-order valence-electron chi connectivity index (χ4n) is 4.37. The summed E-state index contributed by atoms with van der Waals surface area (Å²) in [5.41, 5.74) is 6.61. The van der Waals surface area contributed by atoms with Gasteiger partial charge in [-0.3, -0.25) is 14.2 Å². The maximum absolute atomic E-state index is 13.4. The van der Waals surface area contributed by atoms with Crippen LogP contribution in [0.15, 0.2) is 89.7 Å². The Labute approximate surface area is 203 Å². The smallest absolute Gasteiger partial charge is 0.253 e. The van der Waals surface area contributed by atoms with Crippen molar-refractivity contribution >= 4 is 22.6 Å². The second kappa shape index (κ2) is 9.06. The molecule has 1 N–H and O–H groups in total. The van der Waals surface area contributed by atoms with E-state index in [4.69, 9.17) is 5.10 Å². The van der Waals surface area contributed by atoms with Crippen LogP contribution in [-0.2, 0) is 11.3 Å². The Balaban J connectivity index is 1.67. The van der Waals surface area contributed by atoms with Crippen molar-refractivity contribution in [3.63, 3.8) is 0 Å². The van der Waals surface area contributed by atoms with Gasteiger partial charge in [0, 0.05) is 17.1 Å². The van der Waals surface area contributed by atoms with Gasteiger partial charge in [0.1, 0.15) is 12.2 Å². The minimum absolute atomic E-state index is 0.130. The van der Waals surface area contributed by atoms with Gasteiger partial charge in [0.25, 0.3) is 5.56 Å². The maximum atomic E-state index is 13.4. The Morgan fingerprint density at radius 1 is 0.857 bits per heavy atom. The summed E-state index contributed by atoms with van der Waals surface area (Å²) in [6.45, 7) is 5.83. The topological polar surface area (TPSA) is 68.9 Å². The molecule has 0 saturated carbocycles. The Bertz CT molecular complexity index is 1600. The van der Waals surface area contributed by atoms with Crippen LogP contribution in [0.2, 0.25) is 0 Å². The summed E-state index contributed by atoms with van der Waals surface area (Å²) in [7, 11) is 0. The van der Waals surface area contributed by atoms with Crippen LogP contribution in [0.5, 0.6) is 0 Å². The molecule has 0 radical (unpaired) electrons. The number of hydrogen-bond acceptors (Lipinski definition) is 3. The van der Waals surface area contributed by atoms with E-state index in [1.807, 2.05) is 99.6 Å². The normalized spacial score (nSPS) is 11.1. The summed E-state index contributed by atoms with van der Waals surface area (Å²) < 4.78 is 3.26. The molecule has 2 aromatic heterocycles. The molecule has 35 heavy (non-hydrogen) atoms. The zero-order chi connectivity index (χ0) is 24.5. The van der Waals surface area contributed by atoms with E-state index in [1.54, 1.807) is 10.7 Å². The molecule has 0 saturated heterocycles. The van der Waals surface area contributed by atoms with Gasteiger partial charge in [-0.1, -0.05) is 54.6 Å². The first-order valence-electron chi connectivity index (χ1n) is 11.5. The molecule has 0 unspecified atom stereocenters. The molecular formula is C29H26N4O2. The van der Waals surface area contributed by atoms with Crippen molar-refractivity contribution in [1.82, 2.24) is 14.3 Å². The number of anilines is 1. The molecule has 0 bridgehead atoms. The summed E-state index contributed by atoms with van der Waals surface area (Å²) in [6.07, 6.45) is 0. The van der Waals surface area contributed by atoms with E-state index in [2.05, 4.69) is 5.32 Å². The molecule has 0 aliphatic carbocycles. The third kappa shape index (κ3) is 4.26. The highest BCUT2D eigenvalue weighted by Crippen LogP contribution is 2.31. The van der Waals surface area contributed by atoms with Crippen LogP contribution >= 0.6 is 0 Å². The number of amides is 1. The van der Waals surface area contributed by atoms with Crippen molar-refractivity contribution < 1.29 is 4.79 Å². The van der Waals surface area contributed by atoms with E-state index in [1.165, 1.54) is 4.57 Å². The number of carbonyl (C=O) groups excluding carboxylic acids is 1.